The van der Waals surface area contributed by atoms with Crippen LogP contribution in [0, 0.1) is 6.92 Å². The second-order valence-electron chi connectivity index (χ2n) is 6.18. The highest BCUT2D eigenvalue weighted by Crippen LogP contribution is 2.15. The van der Waals surface area contributed by atoms with Gasteiger partial charge in [-0.05, 0) is 61.0 Å². The van der Waals surface area contributed by atoms with Crippen LogP contribution in [0.3, 0.4) is 0 Å². The van der Waals surface area contributed by atoms with Crippen LogP contribution in [-0.2, 0) is 4.79 Å². The van der Waals surface area contributed by atoms with Gasteiger partial charge in [0.1, 0.15) is 5.75 Å². The monoisotopic (exact) mass is 375 g/mol. The van der Waals surface area contributed by atoms with Gasteiger partial charge in [0.25, 0.3) is 5.91 Å². The molecular weight excluding hydrogens is 354 g/mol. The fourth-order valence-electron chi connectivity index (χ4n) is 2.50. The number of hydrogen-bond donors (Lipinski definition) is 3. The summed E-state index contributed by atoms with van der Waals surface area (Å²) in [5.41, 5.74) is 3.00. The second kappa shape index (κ2) is 9.23. The van der Waals surface area contributed by atoms with Crippen LogP contribution in [0.25, 0.3) is 0 Å². The van der Waals surface area contributed by atoms with E-state index in [1.165, 1.54) is 0 Å². The first-order valence-corrected chi connectivity index (χ1v) is 8.81. The number of carbonyl (C=O) groups excluding carboxylic acids is 2. The molecule has 28 heavy (non-hydrogen) atoms. The lowest BCUT2D eigenvalue weighted by molar-refractivity contribution is -0.118. The normalized spacial score (nSPS) is 10.0. The Balaban J connectivity index is 1.47. The quantitative estimate of drug-likeness (QED) is 0.586. The van der Waals surface area contributed by atoms with E-state index >= 15 is 0 Å². The van der Waals surface area contributed by atoms with Crippen LogP contribution in [0.1, 0.15) is 5.56 Å². The number of urea groups is 1. The van der Waals surface area contributed by atoms with Crippen LogP contribution in [0.15, 0.2) is 78.9 Å². The van der Waals surface area contributed by atoms with Crippen molar-refractivity contribution in [1.29, 1.82) is 0 Å². The number of hydrogen-bond acceptors (Lipinski definition) is 3. The fraction of sp³-hybridized carbons (Fsp3) is 0.0909. The third kappa shape index (κ3) is 5.88. The standard InChI is InChI=1S/C22H21N3O3/c1-16-6-5-9-20(14-16)28-15-21(26)23-18-10-12-19(13-11-18)25-22(27)24-17-7-3-2-4-8-17/h2-14H,15H2,1H3,(H,23,26)(H2,24,25,27). The fourth-order valence-corrected chi connectivity index (χ4v) is 2.50. The van der Waals surface area contributed by atoms with Crippen molar-refractivity contribution in [3.8, 4) is 5.75 Å². The molecule has 3 rings (SSSR count). The zero-order valence-corrected chi connectivity index (χ0v) is 15.4. The Kier molecular flexibility index (Phi) is 6.25. The molecule has 0 aromatic heterocycles. The highest BCUT2D eigenvalue weighted by atomic mass is 16.5. The number of ether oxygens (including phenoxy) is 1. The highest BCUT2D eigenvalue weighted by molar-refractivity contribution is 6.00. The maximum Gasteiger partial charge on any atom is 0.323 e. The molecule has 0 saturated carbocycles. The van der Waals surface area contributed by atoms with Crippen molar-refractivity contribution >= 4 is 29.0 Å². The molecular formula is C22H21N3O3. The van der Waals surface area contributed by atoms with E-state index in [1.54, 1.807) is 42.5 Å². The van der Waals surface area contributed by atoms with Crippen molar-refractivity contribution in [3.63, 3.8) is 0 Å². The zero-order chi connectivity index (χ0) is 19.8. The Labute approximate surface area is 163 Å². The number of amides is 3. The Hall–Kier alpha value is -3.80. The summed E-state index contributed by atoms with van der Waals surface area (Å²) in [4.78, 5) is 24.0. The van der Waals surface area contributed by atoms with Gasteiger partial charge >= 0.3 is 6.03 Å². The molecule has 0 bridgehead atoms. The molecule has 3 aromatic rings. The highest BCUT2D eigenvalue weighted by Gasteiger charge is 2.06. The van der Waals surface area contributed by atoms with E-state index in [9.17, 15) is 9.59 Å². The van der Waals surface area contributed by atoms with Gasteiger partial charge in [0.05, 0.1) is 0 Å². The number of benzene rings is 3. The summed E-state index contributed by atoms with van der Waals surface area (Å²) >= 11 is 0. The average Bonchev–Trinajstić information content (AvgIpc) is 2.69. The molecule has 0 aliphatic heterocycles. The van der Waals surface area contributed by atoms with E-state index < -0.39 is 0 Å². The first-order chi connectivity index (χ1) is 13.6. The molecule has 6 heteroatoms. The summed E-state index contributed by atoms with van der Waals surface area (Å²) in [6.07, 6.45) is 0. The van der Waals surface area contributed by atoms with E-state index in [0.717, 1.165) is 5.56 Å². The van der Waals surface area contributed by atoms with Gasteiger partial charge in [-0.15, -0.1) is 0 Å². The van der Waals surface area contributed by atoms with Crippen molar-refractivity contribution in [2.75, 3.05) is 22.6 Å². The maximum atomic E-state index is 12.0. The molecule has 6 nitrogen and oxygen atoms in total. The van der Waals surface area contributed by atoms with Crippen LogP contribution in [-0.4, -0.2) is 18.5 Å². The largest absolute Gasteiger partial charge is 0.484 e. The Morgan fingerprint density at radius 2 is 1.36 bits per heavy atom. The zero-order valence-electron chi connectivity index (χ0n) is 15.4. The first-order valence-electron chi connectivity index (χ1n) is 8.81. The topological polar surface area (TPSA) is 79.5 Å². The third-order valence-electron chi connectivity index (χ3n) is 3.82. The van der Waals surface area contributed by atoms with Gasteiger partial charge in [-0.2, -0.15) is 0 Å². The first kappa shape index (κ1) is 19.0. The van der Waals surface area contributed by atoms with E-state index in [-0.39, 0.29) is 18.5 Å². The van der Waals surface area contributed by atoms with E-state index in [0.29, 0.717) is 22.8 Å². The van der Waals surface area contributed by atoms with Gasteiger partial charge in [0, 0.05) is 17.1 Å². The molecule has 142 valence electrons. The third-order valence-corrected chi connectivity index (χ3v) is 3.82. The molecule has 0 radical (unpaired) electrons. The number of carbonyl (C=O) groups is 2. The lowest BCUT2D eigenvalue weighted by Crippen LogP contribution is -2.20. The Bertz CT molecular complexity index is 941. The van der Waals surface area contributed by atoms with Crippen molar-refractivity contribution in [1.82, 2.24) is 0 Å². The molecule has 3 aromatic carbocycles. The number of nitrogens with one attached hydrogen (secondary N) is 3. The van der Waals surface area contributed by atoms with E-state index in [2.05, 4.69) is 16.0 Å². The summed E-state index contributed by atoms with van der Waals surface area (Å²) in [5, 5.41) is 8.23. The minimum Gasteiger partial charge on any atom is -0.484 e. The molecule has 0 heterocycles. The predicted molar refractivity (Wildman–Crippen MR) is 111 cm³/mol. The number of anilines is 3. The van der Waals surface area contributed by atoms with Gasteiger partial charge in [0.2, 0.25) is 0 Å². The van der Waals surface area contributed by atoms with Crippen LogP contribution in [0.4, 0.5) is 21.9 Å². The summed E-state index contributed by atoms with van der Waals surface area (Å²) in [5.74, 6) is 0.392. The molecule has 0 aliphatic rings. The predicted octanol–water partition coefficient (Wildman–Crippen LogP) is 4.66. The SMILES string of the molecule is Cc1cccc(OCC(=O)Nc2ccc(NC(=O)Nc3ccccc3)cc2)c1. The lowest BCUT2D eigenvalue weighted by atomic mass is 10.2. The molecule has 0 aliphatic carbocycles. The molecule has 0 unspecified atom stereocenters. The number of rotatable bonds is 6. The van der Waals surface area contributed by atoms with Crippen molar-refractivity contribution in [3.05, 3.63) is 84.4 Å². The van der Waals surface area contributed by atoms with Crippen LogP contribution < -0.4 is 20.7 Å². The van der Waals surface area contributed by atoms with Gasteiger partial charge in [-0.1, -0.05) is 30.3 Å². The van der Waals surface area contributed by atoms with Crippen LogP contribution in [0.5, 0.6) is 5.75 Å². The Morgan fingerprint density at radius 1 is 0.750 bits per heavy atom. The minimum absolute atomic E-state index is 0.0804. The summed E-state index contributed by atoms with van der Waals surface area (Å²) in [7, 11) is 0. The van der Waals surface area contributed by atoms with Gasteiger partial charge in [-0.3, -0.25) is 4.79 Å². The van der Waals surface area contributed by atoms with Crippen molar-refractivity contribution in [2.45, 2.75) is 6.92 Å². The van der Waals surface area contributed by atoms with E-state index in [4.69, 9.17) is 4.74 Å². The second-order valence-corrected chi connectivity index (χ2v) is 6.18. The number of para-hydroxylation sites is 1. The average molecular weight is 375 g/mol. The summed E-state index contributed by atoms with van der Waals surface area (Å²) < 4.78 is 5.48. The maximum absolute atomic E-state index is 12.0. The van der Waals surface area contributed by atoms with Gasteiger partial charge in [0.15, 0.2) is 6.61 Å². The van der Waals surface area contributed by atoms with Crippen molar-refractivity contribution < 1.29 is 14.3 Å². The minimum atomic E-state index is -0.338. The van der Waals surface area contributed by atoms with Gasteiger partial charge < -0.3 is 20.7 Å². The lowest BCUT2D eigenvalue weighted by Gasteiger charge is -2.10. The van der Waals surface area contributed by atoms with Crippen LogP contribution in [0.2, 0.25) is 0 Å². The smallest absolute Gasteiger partial charge is 0.323 e. The summed E-state index contributed by atoms with van der Waals surface area (Å²) in [6.45, 7) is 1.88. The molecule has 0 spiro atoms. The van der Waals surface area contributed by atoms with Crippen LogP contribution >= 0.6 is 0 Å². The molecule has 0 fully saturated rings. The van der Waals surface area contributed by atoms with Crippen molar-refractivity contribution in [2.24, 2.45) is 0 Å². The summed E-state index contributed by atoms with van der Waals surface area (Å²) in [6, 6.07) is 23.2. The molecule has 3 amide bonds. The molecule has 3 N–H and O–H groups in total. The van der Waals surface area contributed by atoms with Gasteiger partial charge in [-0.25, -0.2) is 4.79 Å². The Morgan fingerprint density at radius 3 is 2.00 bits per heavy atom. The molecule has 0 atom stereocenters. The molecule has 0 saturated heterocycles. The van der Waals surface area contributed by atoms with E-state index in [1.807, 2.05) is 43.3 Å². The number of aryl methyl sites for hydroxylation is 1.